The minimum Gasteiger partial charge on any atom is -0.441 e. The Morgan fingerprint density at radius 3 is 2.11 bits per heavy atom. The van der Waals surface area contributed by atoms with Gasteiger partial charge >= 0.3 is 6.09 Å². The maximum Gasteiger partial charge on any atom is 0.407 e. The van der Waals surface area contributed by atoms with Crippen molar-refractivity contribution in [1.29, 1.82) is 0 Å². The molecule has 18 heavy (non-hydrogen) atoms. The fourth-order valence-electron chi connectivity index (χ4n) is 0.901. The van der Waals surface area contributed by atoms with E-state index in [2.05, 4.69) is 15.4 Å². The molecule has 0 aromatic heterocycles. The zero-order chi connectivity index (χ0) is 14.6. The Labute approximate surface area is 108 Å². The lowest BCUT2D eigenvalue weighted by atomic mass is 10.2. The van der Waals surface area contributed by atoms with Crippen molar-refractivity contribution in [2.24, 2.45) is 5.92 Å². The van der Waals surface area contributed by atoms with Crippen LogP contribution >= 0.6 is 0 Å². The summed E-state index contributed by atoms with van der Waals surface area (Å²) in [6, 6.07) is 0. The van der Waals surface area contributed by atoms with Crippen LogP contribution in [0.5, 0.6) is 0 Å². The molecule has 0 aliphatic heterocycles. The first-order valence-electron chi connectivity index (χ1n) is 5.92. The highest BCUT2D eigenvalue weighted by molar-refractivity contribution is 5.78. The Balaban J connectivity index is 0. The first kappa shape index (κ1) is 19.0. The molecule has 7 nitrogen and oxygen atoms in total. The van der Waals surface area contributed by atoms with Crippen LogP contribution in [-0.4, -0.2) is 55.1 Å². The summed E-state index contributed by atoms with van der Waals surface area (Å²) >= 11 is 0. The fourth-order valence-corrected chi connectivity index (χ4v) is 0.901. The number of ether oxygens (including phenoxy) is 1. The van der Waals surface area contributed by atoms with Crippen molar-refractivity contribution in [2.45, 2.75) is 26.9 Å². The van der Waals surface area contributed by atoms with Crippen LogP contribution in [0.15, 0.2) is 0 Å². The lowest BCUT2D eigenvalue weighted by molar-refractivity contribution is -0.123. The first-order valence-corrected chi connectivity index (χ1v) is 5.92. The van der Waals surface area contributed by atoms with Gasteiger partial charge in [-0.25, -0.2) is 4.79 Å². The normalized spacial score (nSPS) is 11.1. The van der Waals surface area contributed by atoms with Gasteiger partial charge in [-0.1, -0.05) is 20.8 Å². The first-order chi connectivity index (χ1) is 8.54. The molecule has 108 valence electrons. The quantitative estimate of drug-likeness (QED) is 0.516. The summed E-state index contributed by atoms with van der Waals surface area (Å²) in [5.41, 5.74) is 0. The zero-order valence-electron chi connectivity index (χ0n) is 11.4. The van der Waals surface area contributed by atoms with Crippen molar-refractivity contribution < 1.29 is 24.5 Å². The van der Waals surface area contributed by atoms with Crippen LogP contribution in [0.4, 0.5) is 4.79 Å². The van der Waals surface area contributed by atoms with Crippen LogP contribution in [-0.2, 0) is 9.53 Å². The molecule has 7 heteroatoms. The number of aliphatic hydroxyl groups is 2. The Morgan fingerprint density at radius 2 is 1.72 bits per heavy atom. The third-order valence-electron chi connectivity index (χ3n) is 1.93. The third kappa shape index (κ3) is 8.77. The van der Waals surface area contributed by atoms with Gasteiger partial charge in [-0.15, -0.1) is 0 Å². The van der Waals surface area contributed by atoms with Crippen molar-refractivity contribution in [3.05, 3.63) is 0 Å². The highest BCUT2D eigenvalue weighted by Crippen LogP contribution is 1.94. The van der Waals surface area contributed by atoms with Crippen LogP contribution in [0.25, 0.3) is 0 Å². The van der Waals surface area contributed by atoms with E-state index in [1.807, 2.05) is 13.8 Å². The molecule has 0 saturated carbocycles. The van der Waals surface area contributed by atoms with Crippen LogP contribution in [0.2, 0.25) is 0 Å². The summed E-state index contributed by atoms with van der Waals surface area (Å²) < 4.78 is 4.63. The van der Waals surface area contributed by atoms with Gasteiger partial charge in [0.1, 0.15) is 6.10 Å². The zero-order valence-corrected chi connectivity index (χ0v) is 11.4. The van der Waals surface area contributed by atoms with E-state index in [1.54, 1.807) is 6.92 Å². The number of hydrogen-bond acceptors (Lipinski definition) is 5. The molecular formula is C11H24N2O5. The molecule has 0 aromatic carbocycles. The Morgan fingerprint density at radius 1 is 1.22 bits per heavy atom. The van der Waals surface area contributed by atoms with Gasteiger partial charge in [-0.05, 0) is 0 Å². The molecule has 0 aliphatic carbocycles. The van der Waals surface area contributed by atoms with Crippen LogP contribution in [0, 0.1) is 5.92 Å². The summed E-state index contributed by atoms with van der Waals surface area (Å²) in [4.78, 5) is 22.2. The molecule has 1 unspecified atom stereocenters. The smallest absolute Gasteiger partial charge is 0.407 e. The van der Waals surface area contributed by atoms with Crippen molar-refractivity contribution in [3.8, 4) is 0 Å². The summed E-state index contributed by atoms with van der Waals surface area (Å²) in [6.45, 7) is 4.88. The monoisotopic (exact) mass is 264 g/mol. The van der Waals surface area contributed by atoms with Gasteiger partial charge in [-0.2, -0.15) is 0 Å². The Hall–Kier alpha value is -1.34. The Kier molecular flexibility index (Phi) is 12.8. The van der Waals surface area contributed by atoms with E-state index in [0.29, 0.717) is 0 Å². The van der Waals surface area contributed by atoms with Crippen LogP contribution < -0.4 is 10.6 Å². The number of aliphatic hydroxyl groups excluding tert-OH is 2. The van der Waals surface area contributed by atoms with Crippen molar-refractivity contribution in [3.63, 3.8) is 0 Å². The lowest BCUT2D eigenvalue weighted by Crippen LogP contribution is -2.38. The van der Waals surface area contributed by atoms with Gasteiger partial charge < -0.3 is 25.6 Å². The molecule has 0 radical (unpaired) electrons. The number of amides is 2. The maximum atomic E-state index is 11.1. The number of rotatable bonds is 6. The maximum absolute atomic E-state index is 11.1. The molecule has 4 N–H and O–H groups in total. The average Bonchev–Trinajstić information content (AvgIpc) is 2.43. The molecule has 0 heterocycles. The van der Waals surface area contributed by atoms with E-state index in [-0.39, 0.29) is 18.4 Å². The van der Waals surface area contributed by atoms with E-state index < -0.39 is 25.4 Å². The summed E-state index contributed by atoms with van der Waals surface area (Å²) in [6.07, 6.45) is -1.71. The average molecular weight is 264 g/mol. The standard InChI is InChI=1S/C9H18N2O5.C2H6/c1-6(8(14)10-2)3-11-9(15)16-7(4-12)5-13;1-2/h6-7,12-13H,3-5H2,1-2H3,(H,10,14)(H,11,15);1-2H3. The second-order valence-electron chi connectivity index (χ2n) is 3.29. The van der Waals surface area contributed by atoms with Gasteiger partial charge in [0, 0.05) is 13.6 Å². The summed E-state index contributed by atoms with van der Waals surface area (Å²) in [5, 5.41) is 22.1. The SMILES string of the molecule is CC.CNC(=O)C(C)CNC(=O)OC(CO)CO. The minimum atomic E-state index is -0.935. The molecule has 0 spiro atoms. The highest BCUT2D eigenvalue weighted by atomic mass is 16.6. The predicted molar refractivity (Wildman–Crippen MR) is 67.0 cm³/mol. The van der Waals surface area contributed by atoms with Crippen LogP contribution in [0.3, 0.4) is 0 Å². The van der Waals surface area contributed by atoms with Crippen molar-refractivity contribution in [2.75, 3.05) is 26.8 Å². The molecule has 0 saturated heterocycles. The minimum absolute atomic E-state index is 0.127. The molecule has 2 amide bonds. The van der Waals surface area contributed by atoms with Crippen molar-refractivity contribution >= 4 is 12.0 Å². The van der Waals surface area contributed by atoms with Gasteiger partial charge in [0.25, 0.3) is 0 Å². The lowest BCUT2D eigenvalue weighted by Gasteiger charge is -2.15. The predicted octanol–water partition coefficient (Wildman–Crippen LogP) is -0.526. The number of carbonyl (C=O) groups excluding carboxylic acids is 2. The fraction of sp³-hybridized carbons (Fsp3) is 0.818. The Bertz CT molecular complexity index is 231. The molecule has 0 bridgehead atoms. The van der Waals surface area contributed by atoms with Gasteiger partial charge in [0.15, 0.2) is 0 Å². The number of carbonyl (C=O) groups is 2. The number of nitrogens with one attached hydrogen (secondary N) is 2. The largest absolute Gasteiger partial charge is 0.441 e. The molecule has 0 aromatic rings. The summed E-state index contributed by atoms with van der Waals surface area (Å²) in [5.74, 6) is -0.569. The molecule has 0 rings (SSSR count). The van der Waals surface area contributed by atoms with Gasteiger partial charge in [0.05, 0.1) is 19.1 Å². The van der Waals surface area contributed by atoms with E-state index >= 15 is 0 Å². The summed E-state index contributed by atoms with van der Waals surface area (Å²) in [7, 11) is 1.50. The highest BCUT2D eigenvalue weighted by Gasteiger charge is 2.15. The second-order valence-corrected chi connectivity index (χ2v) is 3.29. The van der Waals surface area contributed by atoms with E-state index in [0.717, 1.165) is 0 Å². The van der Waals surface area contributed by atoms with E-state index in [9.17, 15) is 9.59 Å². The third-order valence-corrected chi connectivity index (χ3v) is 1.93. The molecule has 0 aliphatic rings. The van der Waals surface area contributed by atoms with Gasteiger partial charge in [-0.3, -0.25) is 4.79 Å². The van der Waals surface area contributed by atoms with Crippen molar-refractivity contribution in [1.82, 2.24) is 10.6 Å². The molecular weight excluding hydrogens is 240 g/mol. The molecule has 1 atom stereocenters. The van der Waals surface area contributed by atoms with Crippen LogP contribution in [0.1, 0.15) is 20.8 Å². The van der Waals surface area contributed by atoms with Gasteiger partial charge in [0.2, 0.25) is 5.91 Å². The molecule has 0 fully saturated rings. The second kappa shape index (κ2) is 12.1. The van der Waals surface area contributed by atoms with E-state index in [1.165, 1.54) is 7.05 Å². The number of alkyl carbamates (subject to hydrolysis) is 1. The topological polar surface area (TPSA) is 108 Å². The number of hydrogen-bond donors (Lipinski definition) is 4. The van der Waals surface area contributed by atoms with E-state index in [4.69, 9.17) is 10.2 Å².